The molecule has 3 nitrogen and oxygen atoms in total. The summed E-state index contributed by atoms with van der Waals surface area (Å²) in [5.41, 5.74) is 0. The molecule has 2 rings (SSSR count). The van der Waals surface area contributed by atoms with Crippen molar-refractivity contribution in [2.45, 2.75) is 24.7 Å². The van der Waals surface area contributed by atoms with Crippen LogP contribution in [0, 0.1) is 11.8 Å². The van der Waals surface area contributed by atoms with Gasteiger partial charge in [0.25, 0.3) is 0 Å². The monoisotopic (exact) mass is 317 g/mol. The average Bonchev–Trinajstić information content (AvgIpc) is 3.10. The largest absolute Gasteiger partial charge is 0.241 e. The van der Waals surface area contributed by atoms with Crippen molar-refractivity contribution >= 4 is 26.0 Å². The summed E-state index contributed by atoms with van der Waals surface area (Å²) >= 11 is 3.26. The summed E-state index contributed by atoms with van der Waals surface area (Å²) < 4.78 is 27.4. The highest BCUT2D eigenvalue weighted by Gasteiger charge is 2.29. The van der Waals surface area contributed by atoms with E-state index < -0.39 is 10.0 Å². The lowest BCUT2D eigenvalue weighted by atomic mass is 10.1. The molecule has 0 heterocycles. The molecule has 0 spiro atoms. The number of rotatable bonds is 5. The normalized spacial score (nSPS) is 18.0. The quantitative estimate of drug-likeness (QED) is 0.907. The molecule has 1 aliphatic rings. The molecule has 0 aliphatic heterocycles. The summed E-state index contributed by atoms with van der Waals surface area (Å²) in [4.78, 5) is 0.308. The second-order valence-corrected chi connectivity index (χ2v) is 7.19. The fourth-order valence-electron chi connectivity index (χ4n) is 1.81. The Hall–Kier alpha value is -0.390. The molecule has 1 N–H and O–H groups in total. The van der Waals surface area contributed by atoms with Crippen LogP contribution in [0.3, 0.4) is 0 Å². The predicted octanol–water partition coefficient (Wildman–Crippen LogP) is 2.77. The molecule has 0 radical (unpaired) electrons. The van der Waals surface area contributed by atoms with Gasteiger partial charge in [-0.25, -0.2) is 13.1 Å². The second kappa shape index (κ2) is 5.08. The van der Waals surface area contributed by atoms with E-state index in [9.17, 15) is 8.42 Å². The molecule has 1 aromatic rings. The van der Waals surface area contributed by atoms with E-state index in [1.165, 1.54) is 12.8 Å². The molecule has 1 aromatic carbocycles. The first-order valence-electron chi connectivity index (χ1n) is 5.75. The van der Waals surface area contributed by atoms with Crippen molar-refractivity contribution in [3.05, 3.63) is 28.7 Å². The molecule has 1 aliphatic carbocycles. The average molecular weight is 318 g/mol. The molecule has 0 saturated heterocycles. The molecule has 5 heteroatoms. The Morgan fingerprint density at radius 2 is 2.06 bits per heavy atom. The number of hydrogen-bond donors (Lipinski definition) is 1. The van der Waals surface area contributed by atoms with Gasteiger partial charge in [-0.2, -0.15) is 0 Å². The van der Waals surface area contributed by atoms with Gasteiger partial charge in [0.2, 0.25) is 10.0 Å². The predicted molar refractivity (Wildman–Crippen MR) is 71.2 cm³/mol. The molecule has 0 bridgehead atoms. The summed E-state index contributed by atoms with van der Waals surface area (Å²) in [5.74, 6) is 1.13. The van der Waals surface area contributed by atoms with E-state index in [1.54, 1.807) is 24.3 Å². The van der Waals surface area contributed by atoms with Crippen molar-refractivity contribution in [1.29, 1.82) is 0 Å². The van der Waals surface area contributed by atoms with E-state index in [4.69, 9.17) is 0 Å². The van der Waals surface area contributed by atoms with Crippen molar-refractivity contribution in [2.24, 2.45) is 11.8 Å². The van der Waals surface area contributed by atoms with Crippen LogP contribution in [0.2, 0.25) is 0 Å². The van der Waals surface area contributed by atoms with Gasteiger partial charge in [0.05, 0.1) is 4.90 Å². The molecule has 17 heavy (non-hydrogen) atoms. The minimum Gasteiger partial charge on any atom is -0.211 e. The number of sulfonamides is 1. The van der Waals surface area contributed by atoms with Crippen molar-refractivity contribution in [3.8, 4) is 0 Å². The van der Waals surface area contributed by atoms with Crippen LogP contribution in [0.1, 0.15) is 19.8 Å². The Morgan fingerprint density at radius 1 is 1.41 bits per heavy atom. The van der Waals surface area contributed by atoms with Gasteiger partial charge >= 0.3 is 0 Å². The molecule has 1 saturated carbocycles. The van der Waals surface area contributed by atoms with Gasteiger partial charge in [-0.15, -0.1) is 0 Å². The first kappa shape index (κ1) is 13.1. The van der Waals surface area contributed by atoms with Crippen LogP contribution in [-0.2, 0) is 10.0 Å². The minimum atomic E-state index is -3.39. The fraction of sp³-hybridized carbons (Fsp3) is 0.500. The Labute approximate surface area is 111 Å². The van der Waals surface area contributed by atoms with Crippen LogP contribution in [0.25, 0.3) is 0 Å². The maximum atomic E-state index is 12.1. The van der Waals surface area contributed by atoms with Gasteiger partial charge in [-0.1, -0.05) is 19.1 Å². The minimum absolute atomic E-state index is 0.308. The van der Waals surface area contributed by atoms with Gasteiger partial charge in [-0.05, 0) is 52.7 Å². The molecule has 1 fully saturated rings. The molecular weight excluding hydrogens is 302 g/mol. The second-order valence-electron chi connectivity index (χ2n) is 4.60. The fourth-order valence-corrected chi connectivity index (χ4v) is 3.96. The van der Waals surface area contributed by atoms with E-state index >= 15 is 0 Å². The van der Waals surface area contributed by atoms with E-state index in [1.807, 2.05) is 0 Å². The lowest BCUT2D eigenvalue weighted by molar-refractivity contribution is 0.491. The van der Waals surface area contributed by atoms with Crippen LogP contribution < -0.4 is 4.72 Å². The maximum Gasteiger partial charge on any atom is 0.241 e. The lowest BCUT2D eigenvalue weighted by Gasteiger charge is -2.12. The van der Waals surface area contributed by atoms with Crippen molar-refractivity contribution in [3.63, 3.8) is 0 Å². The Morgan fingerprint density at radius 3 is 2.65 bits per heavy atom. The Balaban J connectivity index is 2.05. The van der Waals surface area contributed by atoms with Crippen molar-refractivity contribution < 1.29 is 8.42 Å². The van der Waals surface area contributed by atoms with Crippen molar-refractivity contribution in [2.75, 3.05) is 6.54 Å². The first-order chi connectivity index (χ1) is 8.00. The van der Waals surface area contributed by atoms with Crippen LogP contribution in [0.4, 0.5) is 0 Å². The highest BCUT2D eigenvalue weighted by atomic mass is 79.9. The van der Waals surface area contributed by atoms with Crippen LogP contribution >= 0.6 is 15.9 Å². The van der Waals surface area contributed by atoms with Gasteiger partial charge < -0.3 is 0 Å². The van der Waals surface area contributed by atoms with E-state index in [0.717, 1.165) is 0 Å². The van der Waals surface area contributed by atoms with Gasteiger partial charge in [0.1, 0.15) is 0 Å². The zero-order valence-corrected chi connectivity index (χ0v) is 12.1. The summed E-state index contributed by atoms with van der Waals surface area (Å²) in [7, 11) is -3.39. The third-order valence-corrected chi connectivity index (χ3v) is 5.58. The molecule has 0 aromatic heterocycles. The van der Waals surface area contributed by atoms with Gasteiger partial charge in [-0.3, -0.25) is 0 Å². The molecule has 1 unspecified atom stereocenters. The zero-order chi connectivity index (χ0) is 12.5. The summed E-state index contributed by atoms with van der Waals surface area (Å²) in [6.45, 7) is 2.62. The number of nitrogens with one attached hydrogen (secondary N) is 1. The van der Waals surface area contributed by atoms with E-state index in [-0.39, 0.29) is 0 Å². The lowest BCUT2D eigenvalue weighted by Crippen LogP contribution is -2.29. The molecule has 0 amide bonds. The van der Waals surface area contributed by atoms with Gasteiger partial charge in [0, 0.05) is 11.0 Å². The summed E-state index contributed by atoms with van der Waals surface area (Å²) in [5, 5.41) is 0. The standard InChI is InChI=1S/C12H16BrNO2S/c1-9(10-6-7-10)8-14-17(15,16)12-5-3-2-4-11(12)13/h2-5,9-10,14H,6-8H2,1H3. The Bertz CT molecular complexity index is 497. The van der Waals surface area contributed by atoms with Crippen molar-refractivity contribution in [1.82, 2.24) is 4.72 Å². The third kappa shape index (κ3) is 3.30. The first-order valence-corrected chi connectivity index (χ1v) is 8.02. The van der Waals surface area contributed by atoms with Gasteiger partial charge in [0.15, 0.2) is 0 Å². The number of hydrogen-bond acceptors (Lipinski definition) is 2. The van der Waals surface area contributed by atoms with Crippen LogP contribution in [0.15, 0.2) is 33.6 Å². The highest BCUT2D eigenvalue weighted by Crippen LogP contribution is 2.36. The topological polar surface area (TPSA) is 46.2 Å². The summed E-state index contributed by atoms with van der Waals surface area (Å²) in [6.07, 6.45) is 2.47. The number of benzene rings is 1. The molecule has 1 atom stereocenters. The van der Waals surface area contributed by atoms with Crippen LogP contribution in [-0.4, -0.2) is 15.0 Å². The van der Waals surface area contributed by atoms with E-state index in [0.29, 0.717) is 27.7 Å². The maximum absolute atomic E-state index is 12.1. The molecule has 94 valence electrons. The smallest absolute Gasteiger partial charge is 0.211 e. The third-order valence-electron chi connectivity index (χ3n) is 3.15. The van der Waals surface area contributed by atoms with Crippen LogP contribution in [0.5, 0.6) is 0 Å². The Kier molecular flexibility index (Phi) is 3.90. The SMILES string of the molecule is CC(CNS(=O)(=O)c1ccccc1Br)C1CC1. The summed E-state index contributed by atoms with van der Waals surface area (Å²) in [6, 6.07) is 6.87. The zero-order valence-electron chi connectivity index (χ0n) is 9.69. The molecular formula is C12H16BrNO2S. The van der Waals surface area contributed by atoms with E-state index in [2.05, 4.69) is 27.6 Å². The highest BCUT2D eigenvalue weighted by molar-refractivity contribution is 9.10. The number of halogens is 1.